The molecule has 0 aromatic carbocycles. The van der Waals surface area contributed by atoms with Crippen LogP contribution in [0.3, 0.4) is 0 Å². The second kappa shape index (κ2) is 4.34. The molecular weight excluding hydrogens is 143 g/mol. The lowest BCUT2D eigenvalue weighted by molar-refractivity contribution is 0.250. The van der Waals surface area contributed by atoms with E-state index in [-0.39, 0.29) is 0 Å². The second-order valence-electron chi connectivity index (χ2n) is 5.16. The fourth-order valence-electron chi connectivity index (χ4n) is 2.63. The number of rotatable bonds is 2. The molecule has 0 bridgehead atoms. The average molecular weight is 166 g/mol. The molecule has 0 heterocycles. The van der Waals surface area contributed by atoms with Crippen LogP contribution >= 0.6 is 0 Å². The lowest BCUT2D eigenvalue weighted by Crippen LogP contribution is -2.23. The van der Waals surface area contributed by atoms with Crippen LogP contribution < -0.4 is 0 Å². The van der Waals surface area contributed by atoms with Gasteiger partial charge in [0.25, 0.3) is 0 Å². The third kappa shape index (κ3) is 2.53. The van der Waals surface area contributed by atoms with Crippen molar-refractivity contribution in [2.45, 2.75) is 52.3 Å². The standard InChI is InChI=1S/C11H23B/c1-8(2)7-10-6-4-5-9(3)11(10)12/h8-11H,4-7,12H2,1-3H3. The minimum Gasteiger partial charge on any atom is -0.0644 e. The topological polar surface area (TPSA) is 0 Å². The van der Waals surface area contributed by atoms with E-state index in [4.69, 9.17) is 0 Å². The normalized spacial score (nSPS) is 37.2. The van der Waals surface area contributed by atoms with Crippen molar-refractivity contribution in [1.29, 1.82) is 0 Å². The molecule has 1 fully saturated rings. The maximum absolute atomic E-state index is 2.46. The average Bonchev–Trinajstić information content (AvgIpc) is 1.98. The molecule has 0 aromatic heterocycles. The summed E-state index contributed by atoms with van der Waals surface area (Å²) in [5, 5.41) is 0. The zero-order chi connectivity index (χ0) is 9.14. The molecule has 1 heteroatoms. The molecule has 0 nitrogen and oxygen atoms in total. The van der Waals surface area contributed by atoms with Crippen molar-refractivity contribution < 1.29 is 0 Å². The van der Waals surface area contributed by atoms with Gasteiger partial charge in [-0.15, -0.1) is 0 Å². The maximum atomic E-state index is 2.46. The van der Waals surface area contributed by atoms with E-state index >= 15 is 0 Å². The molecule has 1 aliphatic carbocycles. The minimum atomic E-state index is 0.891. The summed E-state index contributed by atoms with van der Waals surface area (Å²) in [6.45, 7) is 7.13. The molecule has 3 unspecified atom stereocenters. The van der Waals surface area contributed by atoms with E-state index in [9.17, 15) is 0 Å². The molecule has 12 heavy (non-hydrogen) atoms. The third-order valence-corrected chi connectivity index (χ3v) is 3.65. The first kappa shape index (κ1) is 10.1. The van der Waals surface area contributed by atoms with E-state index in [1.54, 1.807) is 0 Å². The van der Waals surface area contributed by atoms with E-state index < -0.39 is 0 Å². The molecular formula is C11H23B. The Morgan fingerprint density at radius 2 is 2.00 bits per heavy atom. The zero-order valence-electron chi connectivity index (χ0n) is 9.14. The van der Waals surface area contributed by atoms with Crippen LogP contribution in [0.4, 0.5) is 0 Å². The minimum absolute atomic E-state index is 0.891. The highest BCUT2D eigenvalue weighted by Gasteiger charge is 2.26. The maximum Gasteiger partial charge on any atom is 0.106 e. The lowest BCUT2D eigenvalue weighted by Gasteiger charge is -2.35. The van der Waals surface area contributed by atoms with Crippen LogP contribution in [0.25, 0.3) is 0 Å². The van der Waals surface area contributed by atoms with Crippen LogP contribution in [0.1, 0.15) is 46.5 Å². The quantitative estimate of drug-likeness (QED) is 0.553. The molecule has 70 valence electrons. The summed E-state index contributed by atoms with van der Waals surface area (Å²) >= 11 is 0. The summed E-state index contributed by atoms with van der Waals surface area (Å²) in [6.07, 6.45) is 5.88. The summed E-state index contributed by atoms with van der Waals surface area (Å²) in [7, 11) is 2.46. The Labute approximate surface area is 78.5 Å². The molecule has 0 spiro atoms. The van der Waals surface area contributed by atoms with E-state index in [1.165, 1.54) is 25.7 Å². The lowest BCUT2D eigenvalue weighted by atomic mass is 9.61. The highest BCUT2D eigenvalue weighted by atomic mass is 14.3. The molecule has 0 aliphatic heterocycles. The summed E-state index contributed by atoms with van der Waals surface area (Å²) in [5.74, 6) is 3.86. The van der Waals surface area contributed by atoms with Crippen LogP contribution in [0.15, 0.2) is 0 Å². The van der Waals surface area contributed by atoms with Gasteiger partial charge in [-0.05, 0) is 24.2 Å². The van der Waals surface area contributed by atoms with Gasteiger partial charge in [-0.25, -0.2) is 0 Å². The first-order valence-corrected chi connectivity index (χ1v) is 5.61. The molecule has 3 atom stereocenters. The predicted molar refractivity (Wildman–Crippen MR) is 58.3 cm³/mol. The van der Waals surface area contributed by atoms with Gasteiger partial charge in [-0.3, -0.25) is 0 Å². The number of hydrogen-bond donors (Lipinski definition) is 0. The largest absolute Gasteiger partial charge is 0.106 e. The molecule has 1 saturated carbocycles. The predicted octanol–water partition coefficient (Wildman–Crippen LogP) is 2.89. The Hall–Kier alpha value is 0.0649. The van der Waals surface area contributed by atoms with Crippen LogP contribution in [-0.4, -0.2) is 7.85 Å². The fraction of sp³-hybridized carbons (Fsp3) is 1.00. The highest BCUT2D eigenvalue weighted by molar-refractivity contribution is 6.12. The van der Waals surface area contributed by atoms with Crippen LogP contribution in [0.5, 0.6) is 0 Å². The molecule has 0 aromatic rings. The van der Waals surface area contributed by atoms with Gasteiger partial charge in [0.05, 0.1) is 0 Å². The Morgan fingerprint density at radius 3 is 2.58 bits per heavy atom. The first-order chi connectivity index (χ1) is 5.61. The molecule has 1 aliphatic rings. The molecule has 0 amide bonds. The second-order valence-corrected chi connectivity index (χ2v) is 5.16. The van der Waals surface area contributed by atoms with Crippen molar-refractivity contribution in [2.75, 3.05) is 0 Å². The van der Waals surface area contributed by atoms with Gasteiger partial charge >= 0.3 is 0 Å². The van der Waals surface area contributed by atoms with Crippen molar-refractivity contribution in [2.24, 2.45) is 17.8 Å². The molecule has 0 radical (unpaired) electrons. The highest BCUT2D eigenvalue weighted by Crippen LogP contribution is 2.40. The molecule has 1 rings (SSSR count). The van der Waals surface area contributed by atoms with E-state index in [0.717, 1.165) is 23.6 Å². The van der Waals surface area contributed by atoms with Gasteiger partial charge in [-0.1, -0.05) is 45.9 Å². The van der Waals surface area contributed by atoms with Gasteiger partial charge in [0.2, 0.25) is 0 Å². The summed E-state index contributed by atoms with van der Waals surface area (Å²) in [5.41, 5.74) is 0. The Bertz CT molecular complexity index is 131. The number of hydrogen-bond acceptors (Lipinski definition) is 0. The van der Waals surface area contributed by atoms with Crippen molar-refractivity contribution >= 4 is 7.85 Å². The Morgan fingerprint density at radius 1 is 1.33 bits per heavy atom. The van der Waals surface area contributed by atoms with E-state index in [2.05, 4.69) is 28.6 Å². The van der Waals surface area contributed by atoms with Gasteiger partial charge in [-0.2, -0.15) is 0 Å². The van der Waals surface area contributed by atoms with Gasteiger partial charge in [0.1, 0.15) is 7.85 Å². The summed E-state index contributed by atoms with van der Waals surface area (Å²) in [6, 6.07) is 0. The fourth-order valence-corrected chi connectivity index (χ4v) is 2.63. The summed E-state index contributed by atoms with van der Waals surface area (Å²) in [4.78, 5) is 0. The SMILES string of the molecule is BC1C(C)CCCC1CC(C)C. The van der Waals surface area contributed by atoms with Gasteiger partial charge in [0, 0.05) is 0 Å². The van der Waals surface area contributed by atoms with Crippen molar-refractivity contribution in [3.8, 4) is 0 Å². The summed E-state index contributed by atoms with van der Waals surface area (Å²) < 4.78 is 0. The van der Waals surface area contributed by atoms with Crippen LogP contribution in [0.2, 0.25) is 5.82 Å². The smallest absolute Gasteiger partial charge is 0.0644 e. The van der Waals surface area contributed by atoms with Crippen LogP contribution in [0, 0.1) is 17.8 Å². The van der Waals surface area contributed by atoms with Gasteiger partial charge in [0.15, 0.2) is 0 Å². The molecule has 0 N–H and O–H groups in total. The van der Waals surface area contributed by atoms with Crippen LogP contribution in [-0.2, 0) is 0 Å². The monoisotopic (exact) mass is 166 g/mol. The first-order valence-electron chi connectivity index (χ1n) is 5.61. The molecule has 0 saturated heterocycles. The Kier molecular flexibility index (Phi) is 3.67. The van der Waals surface area contributed by atoms with E-state index in [1.807, 2.05) is 0 Å². The van der Waals surface area contributed by atoms with Gasteiger partial charge < -0.3 is 0 Å². The third-order valence-electron chi connectivity index (χ3n) is 3.65. The Balaban J connectivity index is 2.41. The van der Waals surface area contributed by atoms with E-state index in [0.29, 0.717) is 0 Å². The van der Waals surface area contributed by atoms with Crippen molar-refractivity contribution in [3.63, 3.8) is 0 Å². The zero-order valence-corrected chi connectivity index (χ0v) is 9.14. The van der Waals surface area contributed by atoms with Crippen molar-refractivity contribution in [3.05, 3.63) is 0 Å². The van der Waals surface area contributed by atoms with Crippen molar-refractivity contribution in [1.82, 2.24) is 0 Å².